The Balaban J connectivity index is 2.43. The highest BCUT2D eigenvalue weighted by Gasteiger charge is 2.00. The zero-order valence-electron chi connectivity index (χ0n) is 8.96. The van der Waals surface area contributed by atoms with Crippen molar-refractivity contribution in [2.45, 2.75) is 19.3 Å². The molecule has 0 aliphatic heterocycles. The van der Waals surface area contributed by atoms with E-state index in [9.17, 15) is 0 Å². The molecule has 1 aromatic carbocycles. The molecule has 0 aliphatic rings. The van der Waals surface area contributed by atoms with E-state index in [-0.39, 0.29) is 0 Å². The molecule has 1 aromatic rings. The van der Waals surface area contributed by atoms with Crippen LogP contribution in [-0.4, -0.2) is 6.54 Å². The van der Waals surface area contributed by atoms with Gasteiger partial charge in [-0.05, 0) is 31.0 Å². The van der Waals surface area contributed by atoms with E-state index >= 15 is 0 Å². The molecule has 0 saturated carbocycles. The van der Waals surface area contributed by atoms with E-state index in [2.05, 4.69) is 11.2 Å². The first kappa shape index (κ1) is 12.4. The number of terminal acetylenes is 1. The quantitative estimate of drug-likeness (QED) is 0.624. The summed E-state index contributed by atoms with van der Waals surface area (Å²) in [4.78, 5) is 0. The average molecular weight is 233 g/mol. The molecule has 16 heavy (non-hydrogen) atoms. The van der Waals surface area contributed by atoms with Gasteiger partial charge in [-0.2, -0.15) is 5.26 Å². The van der Waals surface area contributed by atoms with Crippen molar-refractivity contribution in [2.24, 2.45) is 0 Å². The Morgan fingerprint density at radius 1 is 1.38 bits per heavy atom. The number of rotatable bonds is 5. The van der Waals surface area contributed by atoms with Crippen molar-refractivity contribution >= 4 is 17.3 Å². The van der Waals surface area contributed by atoms with Crippen molar-refractivity contribution in [3.8, 4) is 18.4 Å². The molecule has 0 heterocycles. The Kier molecular flexibility index (Phi) is 5.26. The third kappa shape index (κ3) is 3.85. The fourth-order valence-electron chi connectivity index (χ4n) is 1.30. The second-order valence-electron chi connectivity index (χ2n) is 3.39. The van der Waals surface area contributed by atoms with E-state index in [4.69, 9.17) is 23.3 Å². The predicted octanol–water partition coefficient (Wildman–Crippen LogP) is 3.43. The van der Waals surface area contributed by atoms with Crippen LogP contribution in [-0.2, 0) is 0 Å². The zero-order chi connectivity index (χ0) is 11.8. The molecular weight excluding hydrogens is 220 g/mol. The molecule has 2 nitrogen and oxygen atoms in total. The van der Waals surface area contributed by atoms with Gasteiger partial charge in [0.25, 0.3) is 0 Å². The van der Waals surface area contributed by atoms with Crippen LogP contribution in [0, 0.1) is 23.7 Å². The molecule has 0 aliphatic carbocycles. The van der Waals surface area contributed by atoms with Gasteiger partial charge in [-0.1, -0.05) is 11.6 Å². The van der Waals surface area contributed by atoms with Crippen LogP contribution in [0.1, 0.15) is 24.8 Å². The Bertz CT molecular complexity index is 427. The minimum atomic E-state index is 0.572. The molecule has 82 valence electrons. The van der Waals surface area contributed by atoms with Crippen LogP contribution in [0.2, 0.25) is 5.02 Å². The summed E-state index contributed by atoms with van der Waals surface area (Å²) in [6.45, 7) is 0.841. The lowest BCUT2D eigenvalue weighted by atomic mass is 10.2. The largest absolute Gasteiger partial charge is 0.384 e. The van der Waals surface area contributed by atoms with Crippen molar-refractivity contribution in [3.63, 3.8) is 0 Å². The number of nitrogens with zero attached hydrogens (tertiary/aromatic N) is 1. The summed E-state index contributed by atoms with van der Waals surface area (Å²) in [5.74, 6) is 2.60. The number of hydrogen-bond acceptors (Lipinski definition) is 2. The third-order valence-corrected chi connectivity index (χ3v) is 2.47. The van der Waals surface area contributed by atoms with E-state index in [1.807, 2.05) is 12.1 Å². The highest BCUT2D eigenvalue weighted by molar-refractivity contribution is 6.33. The molecule has 0 spiro atoms. The van der Waals surface area contributed by atoms with Gasteiger partial charge < -0.3 is 5.32 Å². The number of anilines is 1. The average Bonchev–Trinajstić information content (AvgIpc) is 2.30. The van der Waals surface area contributed by atoms with E-state index in [0.717, 1.165) is 31.5 Å². The van der Waals surface area contributed by atoms with Crippen LogP contribution >= 0.6 is 11.6 Å². The number of nitrogens with one attached hydrogen (secondary N) is 1. The lowest BCUT2D eigenvalue weighted by molar-refractivity contribution is 0.789. The van der Waals surface area contributed by atoms with E-state index in [1.54, 1.807) is 12.1 Å². The van der Waals surface area contributed by atoms with E-state index in [0.29, 0.717) is 10.6 Å². The molecule has 1 N–H and O–H groups in total. The van der Waals surface area contributed by atoms with Gasteiger partial charge in [0.15, 0.2) is 0 Å². The van der Waals surface area contributed by atoms with Gasteiger partial charge in [-0.25, -0.2) is 0 Å². The summed E-state index contributed by atoms with van der Waals surface area (Å²) in [7, 11) is 0. The first-order valence-corrected chi connectivity index (χ1v) is 5.52. The van der Waals surface area contributed by atoms with Crippen molar-refractivity contribution in [2.75, 3.05) is 11.9 Å². The van der Waals surface area contributed by atoms with E-state index in [1.165, 1.54) is 0 Å². The summed E-state index contributed by atoms with van der Waals surface area (Å²) in [5.41, 5.74) is 1.43. The molecule has 0 saturated heterocycles. The molecule has 1 rings (SSSR count). The Labute approximate surface area is 101 Å². The molecule has 0 aromatic heterocycles. The van der Waals surface area contributed by atoms with Crippen molar-refractivity contribution in [1.82, 2.24) is 0 Å². The maximum Gasteiger partial charge on any atom is 0.0992 e. The minimum Gasteiger partial charge on any atom is -0.384 e. The Hall–Kier alpha value is -1.64. The fourth-order valence-corrected chi connectivity index (χ4v) is 1.55. The van der Waals surface area contributed by atoms with Crippen LogP contribution in [0.15, 0.2) is 18.2 Å². The number of nitriles is 1. The second-order valence-corrected chi connectivity index (χ2v) is 3.80. The van der Waals surface area contributed by atoms with Gasteiger partial charge in [0.2, 0.25) is 0 Å². The van der Waals surface area contributed by atoms with Crippen LogP contribution < -0.4 is 5.32 Å². The smallest absolute Gasteiger partial charge is 0.0992 e. The molecular formula is C13H13ClN2. The summed E-state index contributed by atoms with van der Waals surface area (Å²) in [5, 5.41) is 12.5. The SMILES string of the molecule is C#CCCCCNc1ccc(C#N)cc1Cl. The topological polar surface area (TPSA) is 35.8 Å². The molecule has 0 fully saturated rings. The van der Waals surface area contributed by atoms with Crippen LogP contribution in [0.4, 0.5) is 5.69 Å². The number of unbranched alkanes of at least 4 members (excludes halogenated alkanes) is 2. The van der Waals surface area contributed by atoms with Crippen LogP contribution in [0.3, 0.4) is 0 Å². The van der Waals surface area contributed by atoms with Crippen molar-refractivity contribution in [1.29, 1.82) is 5.26 Å². The monoisotopic (exact) mass is 232 g/mol. The fraction of sp³-hybridized carbons (Fsp3) is 0.308. The first-order chi connectivity index (χ1) is 7.77. The molecule has 0 bridgehead atoms. The standard InChI is InChI=1S/C13H13ClN2/c1-2-3-4-5-8-16-13-7-6-11(10-15)9-12(13)14/h1,6-7,9,16H,3-5,8H2. The molecule has 0 unspecified atom stereocenters. The van der Waals surface area contributed by atoms with Gasteiger partial charge in [-0.3, -0.25) is 0 Å². The summed E-state index contributed by atoms with van der Waals surface area (Å²) < 4.78 is 0. The second kappa shape index (κ2) is 6.77. The van der Waals surface area contributed by atoms with Gasteiger partial charge in [0.05, 0.1) is 22.3 Å². The Morgan fingerprint density at radius 3 is 2.81 bits per heavy atom. The third-order valence-electron chi connectivity index (χ3n) is 2.16. The van der Waals surface area contributed by atoms with E-state index < -0.39 is 0 Å². The molecule has 0 atom stereocenters. The lowest BCUT2D eigenvalue weighted by Gasteiger charge is -2.07. The predicted molar refractivity (Wildman–Crippen MR) is 67.3 cm³/mol. The summed E-state index contributed by atoms with van der Waals surface area (Å²) in [6, 6.07) is 7.27. The van der Waals surface area contributed by atoms with Crippen LogP contribution in [0.25, 0.3) is 0 Å². The normalized spacial score (nSPS) is 9.19. The number of hydrogen-bond donors (Lipinski definition) is 1. The molecule has 3 heteroatoms. The van der Waals surface area contributed by atoms with Crippen LogP contribution in [0.5, 0.6) is 0 Å². The lowest BCUT2D eigenvalue weighted by Crippen LogP contribution is -2.01. The minimum absolute atomic E-state index is 0.572. The Morgan fingerprint density at radius 2 is 2.19 bits per heavy atom. The number of benzene rings is 1. The van der Waals surface area contributed by atoms with Crippen molar-refractivity contribution in [3.05, 3.63) is 28.8 Å². The van der Waals surface area contributed by atoms with Gasteiger partial charge in [-0.15, -0.1) is 12.3 Å². The molecule has 0 amide bonds. The highest BCUT2D eigenvalue weighted by Crippen LogP contribution is 2.22. The first-order valence-electron chi connectivity index (χ1n) is 5.15. The van der Waals surface area contributed by atoms with Crippen molar-refractivity contribution < 1.29 is 0 Å². The summed E-state index contributed by atoms with van der Waals surface area (Å²) >= 11 is 6.00. The maximum absolute atomic E-state index is 8.68. The number of halogens is 1. The highest BCUT2D eigenvalue weighted by atomic mass is 35.5. The summed E-state index contributed by atoms with van der Waals surface area (Å²) in [6.07, 6.45) is 7.99. The zero-order valence-corrected chi connectivity index (χ0v) is 9.72. The maximum atomic E-state index is 8.68. The molecule has 0 radical (unpaired) electrons. The van der Waals surface area contributed by atoms with Gasteiger partial charge in [0, 0.05) is 13.0 Å². The van der Waals surface area contributed by atoms with Gasteiger partial charge in [0.1, 0.15) is 0 Å². The van der Waals surface area contributed by atoms with Gasteiger partial charge >= 0.3 is 0 Å².